The molecule has 12 heavy (non-hydrogen) atoms. The van der Waals surface area contributed by atoms with Gasteiger partial charge in [-0.25, -0.2) is 0 Å². The van der Waals surface area contributed by atoms with Gasteiger partial charge in [0.2, 0.25) is 0 Å². The molecule has 1 heterocycles. The third-order valence-corrected chi connectivity index (χ3v) is 4.84. The van der Waals surface area contributed by atoms with E-state index in [0.717, 1.165) is 5.92 Å². The van der Waals surface area contributed by atoms with Crippen molar-refractivity contribution < 1.29 is 0 Å². The molecule has 1 saturated heterocycles. The van der Waals surface area contributed by atoms with Crippen LogP contribution in [0.25, 0.3) is 0 Å². The lowest BCUT2D eigenvalue weighted by molar-refractivity contribution is 0.733. The Morgan fingerprint density at radius 3 is 2.33 bits per heavy atom. The van der Waals surface area contributed by atoms with Crippen LogP contribution in [0, 0.1) is 5.92 Å². The fourth-order valence-electron chi connectivity index (χ4n) is 1.40. The van der Waals surface area contributed by atoms with Crippen molar-refractivity contribution in [3.05, 3.63) is 9.81 Å². The largest absolute Gasteiger partial charge is 0.119 e. The van der Waals surface area contributed by atoms with Crippen molar-refractivity contribution in [1.82, 2.24) is 0 Å². The highest BCUT2D eigenvalue weighted by atomic mass is 32.2. The predicted molar refractivity (Wildman–Crippen MR) is 61.7 cm³/mol. The third-order valence-electron chi connectivity index (χ3n) is 2.10. The monoisotopic (exact) mass is 202 g/mol. The van der Waals surface area contributed by atoms with Gasteiger partial charge < -0.3 is 0 Å². The van der Waals surface area contributed by atoms with E-state index < -0.39 is 0 Å². The van der Waals surface area contributed by atoms with Gasteiger partial charge >= 0.3 is 0 Å². The molecule has 2 heteroatoms. The summed E-state index contributed by atoms with van der Waals surface area (Å²) >= 11 is 4.13. The Labute approximate surface area is 84.6 Å². The van der Waals surface area contributed by atoms with Crippen molar-refractivity contribution in [2.45, 2.75) is 33.6 Å². The first-order chi connectivity index (χ1) is 5.75. The number of hydrogen-bond donors (Lipinski definition) is 0. The lowest BCUT2D eigenvalue weighted by atomic mass is 10.0. The summed E-state index contributed by atoms with van der Waals surface area (Å²) < 4.78 is 1.62. The Hall–Kier alpha value is 0.440. The van der Waals surface area contributed by atoms with E-state index in [4.69, 9.17) is 0 Å². The second-order valence-corrected chi connectivity index (χ2v) is 5.84. The molecule has 1 aliphatic heterocycles. The molecule has 0 nitrogen and oxygen atoms in total. The van der Waals surface area contributed by atoms with Gasteiger partial charge in [-0.15, -0.1) is 23.5 Å². The highest BCUT2D eigenvalue weighted by molar-refractivity contribution is 8.22. The van der Waals surface area contributed by atoms with E-state index in [0.29, 0.717) is 0 Å². The summed E-state index contributed by atoms with van der Waals surface area (Å²) in [5.74, 6) is 3.40. The van der Waals surface area contributed by atoms with Gasteiger partial charge in [0.25, 0.3) is 0 Å². The quantitative estimate of drug-likeness (QED) is 0.660. The van der Waals surface area contributed by atoms with Gasteiger partial charge in [-0.2, -0.15) is 0 Å². The standard InChI is InChI=1S/C10H18S2/c1-4-9(8(2)3)10-11-6-5-7-12-10/h8H,4-7H2,1-3H3. The smallest absolute Gasteiger partial charge is 0.0395 e. The van der Waals surface area contributed by atoms with E-state index in [1.54, 1.807) is 9.81 Å². The molecule has 1 rings (SSSR count). The summed E-state index contributed by atoms with van der Waals surface area (Å²) in [5.41, 5.74) is 1.67. The Bertz CT molecular complexity index is 163. The SMILES string of the molecule is CCC(=C1SCCCS1)C(C)C. The van der Waals surface area contributed by atoms with Gasteiger partial charge in [-0.1, -0.05) is 20.8 Å². The molecule has 0 aromatic heterocycles. The van der Waals surface area contributed by atoms with Gasteiger partial charge in [0, 0.05) is 4.24 Å². The molecule has 0 aliphatic carbocycles. The molecule has 0 unspecified atom stereocenters. The maximum Gasteiger partial charge on any atom is 0.0395 e. The minimum Gasteiger partial charge on any atom is -0.119 e. The first-order valence-corrected chi connectivity index (χ1v) is 6.71. The van der Waals surface area contributed by atoms with Crippen LogP contribution in [-0.4, -0.2) is 11.5 Å². The van der Waals surface area contributed by atoms with E-state index >= 15 is 0 Å². The maximum atomic E-state index is 2.31. The average molecular weight is 202 g/mol. The molecule has 0 aromatic carbocycles. The molecule has 0 radical (unpaired) electrons. The molecule has 1 aliphatic rings. The van der Waals surface area contributed by atoms with Gasteiger partial charge in [-0.05, 0) is 35.8 Å². The summed E-state index contributed by atoms with van der Waals surface area (Å²) in [6.45, 7) is 6.89. The van der Waals surface area contributed by atoms with Crippen LogP contribution < -0.4 is 0 Å². The molecular formula is C10H18S2. The lowest BCUT2D eigenvalue weighted by Crippen LogP contribution is -2.00. The number of allylic oxidation sites excluding steroid dienone is 1. The van der Waals surface area contributed by atoms with Crippen LogP contribution in [0.5, 0.6) is 0 Å². The van der Waals surface area contributed by atoms with Gasteiger partial charge in [0.1, 0.15) is 0 Å². The molecule has 0 bridgehead atoms. The van der Waals surface area contributed by atoms with E-state index in [-0.39, 0.29) is 0 Å². The Balaban J connectivity index is 2.68. The van der Waals surface area contributed by atoms with Crippen molar-refractivity contribution in [3.8, 4) is 0 Å². The van der Waals surface area contributed by atoms with Gasteiger partial charge in [0.15, 0.2) is 0 Å². The summed E-state index contributed by atoms with van der Waals surface area (Å²) in [6.07, 6.45) is 2.61. The van der Waals surface area contributed by atoms with Crippen LogP contribution in [0.1, 0.15) is 33.6 Å². The molecular weight excluding hydrogens is 184 g/mol. The molecule has 0 amide bonds. The summed E-state index contributed by atoms with van der Waals surface area (Å²) in [5, 5.41) is 0. The first-order valence-electron chi connectivity index (χ1n) is 4.74. The molecule has 70 valence electrons. The van der Waals surface area contributed by atoms with Gasteiger partial charge in [-0.3, -0.25) is 0 Å². The van der Waals surface area contributed by atoms with Gasteiger partial charge in [0.05, 0.1) is 0 Å². The van der Waals surface area contributed by atoms with Crippen molar-refractivity contribution in [2.24, 2.45) is 5.92 Å². The first kappa shape index (κ1) is 10.5. The van der Waals surface area contributed by atoms with Crippen LogP contribution >= 0.6 is 23.5 Å². The highest BCUT2D eigenvalue weighted by Crippen LogP contribution is 2.39. The number of hydrogen-bond acceptors (Lipinski definition) is 2. The van der Waals surface area contributed by atoms with Crippen molar-refractivity contribution >= 4 is 23.5 Å². The van der Waals surface area contributed by atoms with Crippen LogP contribution in [0.4, 0.5) is 0 Å². The van der Waals surface area contributed by atoms with E-state index in [9.17, 15) is 0 Å². The predicted octanol–water partition coefficient (Wildman–Crippen LogP) is 4.13. The minimum absolute atomic E-state index is 0.739. The molecule has 0 aromatic rings. The number of thioether (sulfide) groups is 2. The fourth-order valence-corrected chi connectivity index (χ4v) is 4.50. The second kappa shape index (κ2) is 5.23. The minimum atomic E-state index is 0.739. The summed E-state index contributed by atoms with van der Waals surface area (Å²) in [4.78, 5) is 0. The Kier molecular flexibility index (Phi) is 4.59. The normalized spacial score (nSPS) is 18.5. The van der Waals surface area contributed by atoms with E-state index in [1.165, 1.54) is 24.3 Å². The van der Waals surface area contributed by atoms with E-state index in [1.807, 2.05) is 0 Å². The van der Waals surface area contributed by atoms with Crippen molar-refractivity contribution in [2.75, 3.05) is 11.5 Å². The molecule has 0 saturated carbocycles. The second-order valence-electron chi connectivity index (χ2n) is 3.37. The zero-order valence-corrected chi connectivity index (χ0v) is 9.86. The molecule has 1 fully saturated rings. The Morgan fingerprint density at radius 1 is 1.33 bits per heavy atom. The summed E-state index contributed by atoms with van der Waals surface area (Å²) in [7, 11) is 0. The Morgan fingerprint density at radius 2 is 1.92 bits per heavy atom. The topological polar surface area (TPSA) is 0 Å². The third kappa shape index (κ3) is 2.74. The van der Waals surface area contributed by atoms with Crippen LogP contribution in [-0.2, 0) is 0 Å². The zero-order chi connectivity index (χ0) is 8.97. The lowest BCUT2D eigenvalue weighted by Gasteiger charge is -2.19. The highest BCUT2D eigenvalue weighted by Gasteiger charge is 2.13. The van der Waals surface area contributed by atoms with Crippen LogP contribution in [0.3, 0.4) is 0 Å². The summed E-state index contributed by atoms with van der Waals surface area (Å²) in [6, 6.07) is 0. The molecule has 0 atom stereocenters. The van der Waals surface area contributed by atoms with Crippen LogP contribution in [0.15, 0.2) is 9.81 Å². The van der Waals surface area contributed by atoms with Crippen molar-refractivity contribution in [1.29, 1.82) is 0 Å². The average Bonchev–Trinajstić information content (AvgIpc) is 2.07. The fraction of sp³-hybridized carbons (Fsp3) is 0.800. The van der Waals surface area contributed by atoms with Crippen molar-refractivity contribution in [3.63, 3.8) is 0 Å². The number of rotatable bonds is 2. The van der Waals surface area contributed by atoms with E-state index in [2.05, 4.69) is 44.3 Å². The van der Waals surface area contributed by atoms with Crippen LogP contribution in [0.2, 0.25) is 0 Å². The molecule has 0 spiro atoms. The zero-order valence-electron chi connectivity index (χ0n) is 8.22. The molecule has 0 N–H and O–H groups in total. The maximum absolute atomic E-state index is 2.31.